The van der Waals surface area contributed by atoms with Gasteiger partial charge in [0, 0.05) is 12.2 Å². The van der Waals surface area contributed by atoms with Crippen molar-refractivity contribution in [3.05, 3.63) is 41.8 Å². The van der Waals surface area contributed by atoms with Crippen molar-refractivity contribution in [3.8, 4) is 11.5 Å². The summed E-state index contributed by atoms with van der Waals surface area (Å²) in [5.74, 6) is 0.165. The van der Waals surface area contributed by atoms with Gasteiger partial charge in [-0.15, -0.1) is 0 Å². The van der Waals surface area contributed by atoms with Gasteiger partial charge in [0.2, 0.25) is 5.89 Å². The lowest BCUT2D eigenvalue weighted by Crippen LogP contribution is -2.04. The van der Waals surface area contributed by atoms with Crippen LogP contribution in [0.3, 0.4) is 0 Å². The van der Waals surface area contributed by atoms with Gasteiger partial charge in [-0.05, 0) is 24.6 Å². The van der Waals surface area contributed by atoms with Crippen LogP contribution in [-0.4, -0.2) is 11.6 Å². The van der Waals surface area contributed by atoms with Crippen molar-refractivity contribution in [2.75, 3.05) is 6.61 Å². The van der Waals surface area contributed by atoms with E-state index in [4.69, 9.17) is 9.15 Å². The minimum Gasteiger partial charge on any atom is -0.444 e. The van der Waals surface area contributed by atoms with E-state index in [2.05, 4.69) is 11.9 Å². The summed E-state index contributed by atoms with van der Waals surface area (Å²) in [6.07, 6.45) is 0.236. The number of hydrogen-bond donors (Lipinski definition) is 0. The highest BCUT2D eigenvalue weighted by Crippen LogP contribution is 2.31. The number of alkyl halides is 3. The van der Waals surface area contributed by atoms with E-state index >= 15 is 0 Å². The van der Waals surface area contributed by atoms with Crippen molar-refractivity contribution in [2.45, 2.75) is 39.0 Å². The Morgan fingerprint density at radius 1 is 1.23 bits per heavy atom. The van der Waals surface area contributed by atoms with Gasteiger partial charge in [-0.25, -0.2) is 4.98 Å². The predicted octanol–water partition coefficient (Wildman–Crippen LogP) is 5.07. The van der Waals surface area contributed by atoms with E-state index < -0.39 is 11.7 Å². The van der Waals surface area contributed by atoms with E-state index in [1.165, 1.54) is 18.4 Å². The lowest BCUT2D eigenvalue weighted by atomic mass is 10.1. The summed E-state index contributed by atoms with van der Waals surface area (Å²) in [5, 5.41) is 0. The lowest BCUT2D eigenvalue weighted by molar-refractivity contribution is -0.137. The SMILES string of the molecule is CCCCCOCc1coc(-c2cccc(C(F)(F)F)c2)n1. The van der Waals surface area contributed by atoms with Crippen LogP contribution < -0.4 is 0 Å². The Hall–Kier alpha value is -1.82. The molecule has 1 heterocycles. The highest BCUT2D eigenvalue weighted by atomic mass is 19.4. The van der Waals surface area contributed by atoms with E-state index in [9.17, 15) is 13.2 Å². The van der Waals surface area contributed by atoms with Crippen LogP contribution in [0.1, 0.15) is 37.4 Å². The smallest absolute Gasteiger partial charge is 0.416 e. The molecular formula is C16H18F3NO2. The van der Waals surface area contributed by atoms with Crippen molar-refractivity contribution >= 4 is 0 Å². The van der Waals surface area contributed by atoms with Gasteiger partial charge in [-0.3, -0.25) is 0 Å². The molecule has 6 heteroatoms. The molecule has 0 N–H and O–H groups in total. The first kappa shape index (κ1) is 16.5. The number of nitrogens with zero attached hydrogens (tertiary/aromatic N) is 1. The normalized spacial score (nSPS) is 11.8. The number of unbranched alkanes of at least 4 members (excludes halogenated alkanes) is 2. The first-order valence-electron chi connectivity index (χ1n) is 7.20. The summed E-state index contributed by atoms with van der Waals surface area (Å²) in [4.78, 5) is 4.16. The summed E-state index contributed by atoms with van der Waals surface area (Å²) in [7, 11) is 0. The van der Waals surface area contributed by atoms with Gasteiger partial charge in [0.1, 0.15) is 12.0 Å². The molecule has 0 aliphatic rings. The van der Waals surface area contributed by atoms with Gasteiger partial charge in [0.15, 0.2) is 0 Å². The molecule has 0 saturated heterocycles. The molecule has 0 aliphatic carbocycles. The summed E-state index contributed by atoms with van der Waals surface area (Å²) < 4.78 is 48.7. The average molecular weight is 313 g/mol. The second-order valence-electron chi connectivity index (χ2n) is 4.98. The standard InChI is InChI=1S/C16H18F3NO2/c1-2-3-4-8-21-10-14-11-22-15(20-14)12-6-5-7-13(9-12)16(17,18)19/h5-7,9,11H,2-4,8,10H2,1H3. The molecule has 0 fully saturated rings. The molecule has 22 heavy (non-hydrogen) atoms. The fourth-order valence-corrected chi connectivity index (χ4v) is 1.97. The van der Waals surface area contributed by atoms with Crippen LogP contribution in [0.5, 0.6) is 0 Å². The van der Waals surface area contributed by atoms with Gasteiger partial charge in [-0.2, -0.15) is 13.2 Å². The van der Waals surface area contributed by atoms with E-state index in [1.54, 1.807) is 0 Å². The van der Waals surface area contributed by atoms with Crippen molar-refractivity contribution in [2.24, 2.45) is 0 Å². The van der Waals surface area contributed by atoms with E-state index in [1.807, 2.05) is 0 Å². The molecule has 2 aromatic rings. The molecule has 120 valence electrons. The third kappa shape index (κ3) is 4.59. The Bertz CT molecular complexity index is 593. The Labute approximate surface area is 127 Å². The summed E-state index contributed by atoms with van der Waals surface area (Å²) in [5.41, 5.74) is 0.150. The quantitative estimate of drug-likeness (QED) is 0.670. The highest BCUT2D eigenvalue weighted by molar-refractivity contribution is 5.54. The van der Waals surface area contributed by atoms with Crippen molar-refractivity contribution in [3.63, 3.8) is 0 Å². The maximum absolute atomic E-state index is 12.7. The Balaban J connectivity index is 1.99. The lowest BCUT2D eigenvalue weighted by Gasteiger charge is -2.06. The maximum Gasteiger partial charge on any atom is 0.416 e. The molecule has 0 bridgehead atoms. The number of ether oxygens (including phenoxy) is 1. The Kier molecular flexibility index (Phi) is 5.60. The molecule has 0 saturated carbocycles. The van der Waals surface area contributed by atoms with E-state index in [-0.39, 0.29) is 5.89 Å². The molecular weight excluding hydrogens is 295 g/mol. The molecule has 3 nitrogen and oxygen atoms in total. The van der Waals surface area contributed by atoms with E-state index in [0.29, 0.717) is 24.5 Å². The fraction of sp³-hybridized carbons (Fsp3) is 0.438. The van der Waals surface area contributed by atoms with Crippen molar-refractivity contribution < 1.29 is 22.3 Å². The van der Waals surface area contributed by atoms with Crippen molar-refractivity contribution in [1.82, 2.24) is 4.98 Å². The molecule has 0 unspecified atom stereocenters. The topological polar surface area (TPSA) is 35.3 Å². The second kappa shape index (κ2) is 7.45. The summed E-state index contributed by atoms with van der Waals surface area (Å²) in [6.45, 7) is 3.05. The largest absolute Gasteiger partial charge is 0.444 e. The molecule has 0 radical (unpaired) electrons. The molecule has 2 rings (SSSR count). The number of halogens is 3. The monoisotopic (exact) mass is 313 g/mol. The maximum atomic E-state index is 12.7. The van der Waals surface area contributed by atoms with Crippen LogP contribution in [0.15, 0.2) is 34.9 Å². The average Bonchev–Trinajstić information content (AvgIpc) is 2.95. The molecule has 0 atom stereocenters. The van der Waals surface area contributed by atoms with E-state index in [0.717, 1.165) is 31.4 Å². The van der Waals surface area contributed by atoms with Crippen LogP contribution in [-0.2, 0) is 17.5 Å². The zero-order valence-corrected chi connectivity index (χ0v) is 12.3. The molecule has 1 aromatic heterocycles. The first-order valence-corrected chi connectivity index (χ1v) is 7.20. The molecule has 0 aliphatic heterocycles. The highest BCUT2D eigenvalue weighted by Gasteiger charge is 2.30. The van der Waals surface area contributed by atoms with Crippen LogP contribution in [0, 0.1) is 0 Å². The predicted molar refractivity (Wildman–Crippen MR) is 76.1 cm³/mol. The molecule has 0 amide bonds. The Morgan fingerprint density at radius 3 is 2.77 bits per heavy atom. The van der Waals surface area contributed by atoms with Gasteiger partial charge in [-0.1, -0.05) is 25.8 Å². The summed E-state index contributed by atoms with van der Waals surface area (Å²) >= 11 is 0. The zero-order chi connectivity index (χ0) is 16.0. The molecule has 1 aromatic carbocycles. The van der Waals surface area contributed by atoms with Gasteiger partial charge in [0.05, 0.1) is 12.2 Å². The fourth-order valence-electron chi connectivity index (χ4n) is 1.97. The van der Waals surface area contributed by atoms with Crippen LogP contribution in [0.2, 0.25) is 0 Å². The van der Waals surface area contributed by atoms with Gasteiger partial charge >= 0.3 is 6.18 Å². The number of rotatable bonds is 7. The van der Waals surface area contributed by atoms with Gasteiger partial charge < -0.3 is 9.15 Å². The second-order valence-corrected chi connectivity index (χ2v) is 4.98. The zero-order valence-electron chi connectivity index (χ0n) is 12.3. The Morgan fingerprint density at radius 2 is 2.05 bits per heavy atom. The van der Waals surface area contributed by atoms with Crippen LogP contribution >= 0.6 is 0 Å². The first-order chi connectivity index (χ1) is 10.5. The number of oxazole rings is 1. The number of benzene rings is 1. The number of hydrogen-bond acceptors (Lipinski definition) is 3. The molecule has 0 spiro atoms. The minimum atomic E-state index is -4.38. The third-order valence-corrected chi connectivity index (χ3v) is 3.13. The summed E-state index contributed by atoms with van der Waals surface area (Å²) in [6, 6.07) is 4.91. The minimum absolute atomic E-state index is 0.165. The van der Waals surface area contributed by atoms with Crippen LogP contribution in [0.25, 0.3) is 11.5 Å². The van der Waals surface area contributed by atoms with Gasteiger partial charge in [0.25, 0.3) is 0 Å². The number of aromatic nitrogens is 1. The van der Waals surface area contributed by atoms with Crippen LogP contribution in [0.4, 0.5) is 13.2 Å². The van der Waals surface area contributed by atoms with Crippen molar-refractivity contribution in [1.29, 1.82) is 0 Å². The third-order valence-electron chi connectivity index (χ3n) is 3.13.